The Bertz CT molecular complexity index is 1160. The van der Waals surface area contributed by atoms with Crippen molar-refractivity contribution in [2.75, 3.05) is 0 Å². The summed E-state index contributed by atoms with van der Waals surface area (Å²) in [5, 5.41) is 10.0. The molecule has 1 amide bonds. The van der Waals surface area contributed by atoms with E-state index >= 15 is 0 Å². The molecular weight excluding hydrogens is 364 g/mol. The molecule has 4 aromatic rings. The highest BCUT2D eigenvalue weighted by molar-refractivity contribution is 5.93. The van der Waals surface area contributed by atoms with E-state index in [1.807, 2.05) is 31.5 Å². The Balaban J connectivity index is 1.65. The third kappa shape index (κ3) is 3.67. The van der Waals surface area contributed by atoms with Crippen LogP contribution in [0.5, 0.6) is 0 Å². The predicted octanol–water partition coefficient (Wildman–Crippen LogP) is 3.86. The first-order chi connectivity index (χ1) is 14.1. The normalized spacial score (nSPS) is 11.1. The maximum absolute atomic E-state index is 11.5. The van der Waals surface area contributed by atoms with Crippen LogP contribution in [-0.4, -0.2) is 25.2 Å². The number of amides is 1. The number of fused-ring (bicyclic) bond motifs is 1. The fourth-order valence-corrected chi connectivity index (χ4v) is 3.90. The molecule has 0 aliphatic rings. The van der Waals surface area contributed by atoms with Gasteiger partial charge < -0.3 is 9.13 Å². The molecule has 29 heavy (non-hydrogen) atoms. The van der Waals surface area contributed by atoms with Crippen LogP contribution in [0.1, 0.15) is 33.0 Å². The van der Waals surface area contributed by atoms with Crippen molar-refractivity contribution in [3.8, 4) is 0 Å². The first-order valence-corrected chi connectivity index (χ1v) is 9.66. The fraction of sp³-hybridized carbons (Fsp3) is 0.217. The second-order valence-corrected chi connectivity index (χ2v) is 7.22. The number of rotatable bonds is 6. The first-order valence-electron chi connectivity index (χ1n) is 9.66. The molecule has 0 fully saturated rings. The van der Waals surface area contributed by atoms with E-state index < -0.39 is 5.91 Å². The number of para-hydroxylation sites is 1. The summed E-state index contributed by atoms with van der Waals surface area (Å²) in [6, 6.07) is 15.8. The molecule has 2 aromatic heterocycles. The molecule has 0 radical (unpaired) electrons. The van der Waals surface area contributed by atoms with Gasteiger partial charge in [-0.15, -0.1) is 0 Å². The van der Waals surface area contributed by atoms with E-state index in [0.717, 1.165) is 30.9 Å². The Morgan fingerprint density at radius 2 is 1.83 bits per heavy atom. The van der Waals surface area contributed by atoms with Crippen molar-refractivity contribution in [3.05, 3.63) is 89.1 Å². The Labute approximate surface area is 169 Å². The van der Waals surface area contributed by atoms with Gasteiger partial charge in [0.15, 0.2) is 0 Å². The molecule has 0 unspecified atom stereocenters. The topological polar surface area (TPSA) is 72.1 Å². The van der Waals surface area contributed by atoms with Gasteiger partial charge in [-0.05, 0) is 49.6 Å². The number of hydrogen-bond donors (Lipinski definition) is 2. The summed E-state index contributed by atoms with van der Waals surface area (Å²) < 4.78 is 4.54. The Hall–Kier alpha value is -3.38. The number of benzene rings is 2. The molecular formula is C23H24N4O2. The maximum atomic E-state index is 11.5. The molecule has 0 saturated carbocycles. The van der Waals surface area contributed by atoms with Gasteiger partial charge in [0.1, 0.15) is 5.82 Å². The van der Waals surface area contributed by atoms with Crippen molar-refractivity contribution in [1.82, 2.24) is 19.6 Å². The van der Waals surface area contributed by atoms with E-state index in [9.17, 15) is 4.79 Å². The number of nitrogens with zero attached hydrogens (tertiary/aromatic N) is 3. The zero-order valence-corrected chi connectivity index (χ0v) is 16.6. The lowest BCUT2D eigenvalue weighted by molar-refractivity contribution is 0.0706. The van der Waals surface area contributed by atoms with E-state index in [4.69, 9.17) is 5.21 Å². The van der Waals surface area contributed by atoms with Gasteiger partial charge in [-0.1, -0.05) is 30.3 Å². The Kier molecular flexibility index (Phi) is 5.18. The number of imidazole rings is 1. The summed E-state index contributed by atoms with van der Waals surface area (Å²) in [4.78, 5) is 15.8. The molecule has 2 aromatic carbocycles. The highest BCUT2D eigenvalue weighted by Gasteiger charge is 2.14. The molecule has 0 atom stereocenters. The molecule has 6 nitrogen and oxygen atoms in total. The zero-order chi connectivity index (χ0) is 20.4. The van der Waals surface area contributed by atoms with Crippen molar-refractivity contribution in [2.24, 2.45) is 0 Å². The van der Waals surface area contributed by atoms with Gasteiger partial charge in [-0.3, -0.25) is 10.0 Å². The summed E-state index contributed by atoms with van der Waals surface area (Å²) in [7, 11) is 0. The lowest BCUT2D eigenvalue weighted by Crippen LogP contribution is -2.18. The molecule has 0 bridgehead atoms. The van der Waals surface area contributed by atoms with Crippen molar-refractivity contribution < 1.29 is 10.0 Å². The Morgan fingerprint density at radius 3 is 2.52 bits per heavy atom. The minimum absolute atomic E-state index is 0.436. The van der Waals surface area contributed by atoms with Gasteiger partial charge in [0.2, 0.25) is 0 Å². The van der Waals surface area contributed by atoms with Crippen LogP contribution in [0.25, 0.3) is 10.9 Å². The van der Waals surface area contributed by atoms with Crippen molar-refractivity contribution in [1.29, 1.82) is 0 Å². The lowest BCUT2D eigenvalue weighted by atomic mass is 10.0. The van der Waals surface area contributed by atoms with Crippen LogP contribution in [-0.2, 0) is 19.5 Å². The van der Waals surface area contributed by atoms with Gasteiger partial charge >= 0.3 is 0 Å². The van der Waals surface area contributed by atoms with Crippen LogP contribution in [0.2, 0.25) is 0 Å². The number of carbonyl (C=O) groups is 1. The van der Waals surface area contributed by atoms with E-state index in [-0.39, 0.29) is 0 Å². The molecule has 0 spiro atoms. The molecule has 2 N–H and O–H groups in total. The van der Waals surface area contributed by atoms with E-state index in [0.29, 0.717) is 5.56 Å². The van der Waals surface area contributed by atoms with Gasteiger partial charge in [0, 0.05) is 47.6 Å². The number of carbonyl (C=O) groups excluding carboxylic acids is 1. The third-order valence-corrected chi connectivity index (χ3v) is 5.55. The highest BCUT2D eigenvalue weighted by atomic mass is 16.5. The van der Waals surface area contributed by atoms with Gasteiger partial charge in [0.05, 0.1) is 0 Å². The molecule has 0 aliphatic carbocycles. The van der Waals surface area contributed by atoms with Crippen LogP contribution in [0.4, 0.5) is 0 Å². The lowest BCUT2D eigenvalue weighted by Gasteiger charge is -2.11. The van der Waals surface area contributed by atoms with E-state index in [1.165, 1.54) is 22.2 Å². The van der Waals surface area contributed by atoms with E-state index in [2.05, 4.69) is 45.3 Å². The average molecular weight is 388 g/mol. The third-order valence-electron chi connectivity index (χ3n) is 5.55. The number of hydroxylamine groups is 1. The summed E-state index contributed by atoms with van der Waals surface area (Å²) >= 11 is 0. The molecule has 0 saturated heterocycles. The van der Waals surface area contributed by atoms with Crippen LogP contribution >= 0.6 is 0 Å². The summed E-state index contributed by atoms with van der Waals surface area (Å²) in [5.41, 5.74) is 7.00. The SMILES string of the molecule is Cc1nccn1CCn1c(C)c(Cc2ccc(C(=O)NO)cc2)c2ccccc21. The quantitative estimate of drug-likeness (QED) is 0.389. The van der Waals surface area contributed by atoms with Crippen LogP contribution in [0.15, 0.2) is 60.9 Å². The van der Waals surface area contributed by atoms with Crippen LogP contribution < -0.4 is 5.48 Å². The number of nitrogens with one attached hydrogen (secondary N) is 1. The number of aryl methyl sites for hydroxylation is 3. The summed E-state index contributed by atoms with van der Waals surface area (Å²) in [6.45, 7) is 5.94. The standard InChI is InChI=1S/C23H24N4O2/c1-16-21(15-18-7-9-19(10-8-18)23(28)25-29)20-5-3-4-6-22(20)27(16)14-13-26-12-11-24-17(26)2/h3-12,29H,13-15H2,1-2H3,(H,25,28). The highest BCUT2D eigenvalue weighted by Crippen LogP contribution is 2.28. The first kappa shape index (κ1) is 19.0. The molecule has 6 heteroatoms. The van der Waals surface area contributed by atoms with Crippen molar-refractivity contribution in [2.45, 2.75) is 33.4 Å². The van der Waals surface area contributed by atoms with Gasteiger partial charge in [-0.25, -0.2) is 10.5 Å². The maximum Gasteiger partial charge on any atom is 0.274 e. The average Bonchev–Trinajstić information content (AvgIpc) is 3.27. The van der Waals surface area contributed by atoms with Gasteiger partial charge in [0.25, 0.3) is 5.91 Å². The largest absolute Gasteiger partial charge is 0.343 e. The molecule has 148 valence electrons. The van der Waals surface area contributed by atoms with Crippen molar-refractivity contribution in [3.63, 3.8) is 0 Å². The van der Waals surface area contributed by atoms with Crippen LogP contribution in [0.3, 0.4) is 0 Å². The minimum Gasteiger partial charge on any atom is -0.343 e. The Morgan fingerprint density at radius 1 is 1.07 bits per heavy atom. The predicted molar refractivity (Wildman–Crippen MR) is 112 cm³/mol. The van der Waals surface area contributed by atoms with Crippen molar-refractivity contribution >= 4 is 16.8 Å². The second kappa shape index (κ2) is 7.93. The zero-order valence-electron chi connectivity index (χ0n) is 16.6. The smallest absolute Gasteiger partial charge is 0.274 e. The summed E-state index contributed by atoms with van der Waals surface area (Å²) in [5.74, 6) is 0.519. The number of hydrogen-bond acceptors (Lipinski definition) is 3. The monoisotopic (exact) mass is 388 g/mol. The minimum atomic E-state index is -0.501. The van der Waals surface area contributed by atoms with Gasteiger partial charge in [-0.2, -0.15) is 0 Å². The fourth-order valence-electron chi connectivity index (χ4n) is 3.90. The van der Waals surface area contributed by atoms with Crippen LogP contribution in [0, 0.1) is 13.8 Å². The number of aromatic nitrogens is 3. The molecule has 2 heterocycles. The summed E-state index contributed by atoms with van der Waals surface area (Å²) in [6.07, 6.45) is 4.63. The molecule has 0 aliphatic heterocycles. The van der Waals surface area contributed by atoms with E-state index in [1.54, 1.807) is 17.6 Å². The molecule has 4 rings (SSSR count). The second-order valence-electron chi connectivity index (χ2n) is 7.22.